The molecule has 2 heterocycles. The lowest BCUT2D eigenvalue weighted by Gasteiger charge is -2.33. The van der Waals surface area contributed by atoms with Gasteiger partial charge in [0.1, 0.15) is 5.82 Å². The van der Waals surface area contributed by atoms with Crippen LogP contribution in [0.1, 0.15) is 19.8 Å². The van der Waals surface area contributed by atoms with Gasteiger partial charge in [0.05, 0.1) is 17.1 Å². The van der Waals surface area contributed by atoms with Crippen molar-refractivity contribution >= 4 is 10.0 Å². The van der Waals surface area contributed by atoms with Crippen molar-refractivity contribution in [1.82, 2.24) is 4.31 Å². The van der Waals surface area contributed by atoms with Crippen LogP contribution in [0, 0.1) is 11.7 Å². The van der Waals surface area contributed by atoms with E-state index in [0.717, 1.165) is 12.5 Å². The monoisotopic (exact) mass is 299 g/mol. The van der Waals surface area contributed by atoms with Crippen LogP contribution >= 0.6 is 0 Å². The normalized spacial score (nSPS) is 31.2. The molecule has 20 heavy (non-hydrogen) atoms. The zero-order chi connectivity index (χ0) is 14.3. The smallest absolute Gasteiger partial charge is 0.243 e. The number of rotatable bonds is 2. The van der Waals surface area contributed by atoms with Crippen molar-refractivity contribution in [2.45, 2.75) is 36.9 Å². The minimum atomic E-state index is -3.60. The number of hydrogen-bond donors (Lipinski definition) is 0. The van der Waals surface area contributed by atoms with Crippen LogP contribution in [-0.4, -0.2) is 38.0 Å². The Hall–Kier alpha value is -0.980. The predicted octanol–water partition coefficient (Wildman–Crippen LogP) is 2.01. The van der Waals surface area contributed by atoms with Gasteiger partial charge in [-0.1, -0.05) is 6.07 Å². The maximum Gasteiger partial charge on any atom is 0.243 e. The van der Waals surface area contributed by atoms with Crippen LogP contribution in [-0.2, 0) is 14.8 Å². The molecule has 110 valence electrons. The molecular formula is C14H18FNO3S. The Kier molecular flexibility index (Phi) is 3.56. The largest absolute Gasteiger partial charge is 0.375 e. The van der Waals surface area contributed by atoms with Crippen LogP contribution in [0.2, 0.25) is 0 Å². The summed E-state index contributed by atoms with van der Waals surface area (Å²) < 4.78 is 45.5. The van der Waals surface area contributed by atoms with Crippen molar-refractivity contribution in [1.29, 1.82) is 0 Å². The van der Waals surface area contributed by atoms with E-state index in [-0.39, 0.29) is 23.0 Å². The summed E-state index contributed by atoms with van der Waals surface area (Å²) in [7, 11) is -3.60. The fourth-order valence-corrected chi connectivity index (χ4v) is 4.70. The van der Waals surface area contributed by atoms with Crippen molar-refractivity contribution in [2.24, 2.45) is 5.92 Å². The first-order valence-corrected chi connectivity index (χ1v) is 8.32. The average Bonchev–Trinajstić information content (AvgIpc) is 2.77. The molecule has 2 aliphatic heterocycles. The molecule has 1 aromatic carbocycles. The number of halogens is 1. The van der Waals surface area contributed by atoms with E-state index in [0.29, 0.717) is 19.5 Å². The molecule has 0 radical (unpaired) electrons. The summed E-state index contributed by atoms with van der Waals surface area (Å²) in [6, 6.07) is 5.20. The SMILES string of the molecule is C[C@@H]1C[C@@H]2CN(S(=O)(=O)c3cccc(F)c3)CC[C@@H]2O1. The maximum absolute atomic E-state index is 13.2. The highest BCUT2D eigenvalue weighted by Gasteiger charge is 2.40. The lowest BCUT2D eigenvalue weighted by molar-refractivity contribution is 0.0206. The number of piperidine rings is 1. The first-order valence-electron chi connectivity index (χ1n) is 6.88. The van der Waals surface area contributed by atoms with Crippen LogP contribution in [0.3, 0.4) is 0 Å². The second kappa shape index (κ2) is 5.09. The van der Waals surface area contributed by atoms with Crippen molar-refractivity contribution in [3.8, 4) is 0 Å². The molecule has 2 saturated heterocycles. The summed E-state index contributed by atoms with van der Waals surface area (Å²) >= 11 is 0. The second-order valence-electron chi connectivity index (χ2n) is 5.59. The topological polar surface area (TPSA) is 46.6 Å². The Bertz CT molecular complexity index is 604. The highest BCUT2D eigenvalue weighted by atomic mass is 32.2. The van der Waals surface area contributed by atoms with Crippen molar-refractivity contribution in [3.05, 3.63) is 30.1 Å². The van der Waals surface area contributed by atoms with E-state index < -0.39 is 15.8 Å². The summed E-state index contributed by atoms with van der Waals surface area (Å²) in [5.41, 5.74) is 0. The van der Waals surface area contributed by atoms with Gasteiger partial charge in [-0.3, -0.25) is 0 Å². The number of hydrogen-bond acceptors (Lipinski definition) is 3. The van der Waals surface area contributed by atoms with Gasteiger partial charge in [-0.25, -0.2) is 12.8 Å². The molecule has 0 saturated carbocycles. The molecule has 3 atom stereocenters. The van der Waals surface area contributed by atoms with Gasteiger partial charge in [-0.15, -0.1) is 0 Å². The van der Waals surface area contributed by atoms with Crippen molar-refractivity contribution in [3.63, 3.8) is 0 Å². The van der Waals surface area contributed by atoms with Crippen LogP contribution in [0.4, 0.5) is 4.39 Å². The molecule has 0 aliphatic carbocycles. The Morgan fingerprint density at radius 3 is 2.95 bits per heavy atom. The Balaban J connectivity index is 1.82. The van der Waals surface area contributed by atoms with E-state index >= 15 is 0 Å². The molecule has 4 nitrogen and oxygen atoms in total. The molecule has 0 unspecified atom stereocenters. The van der Waals surface area contributed by atoms with Crippen LogP contribution in [0.5, 0.6) is 0 Å². The van der Waals surface area contributed by atoms with Gasteiger partial charge >= 0.3 is 0 Å². The first kappa shape index (κ1) is 14.0. The lowest BCUT2D eigenvalue weighted by Crippen LogP contribution is -2.44. The van der Waals surface area contributed by atoms with Gasteiger partial charge in [-0.05, 0) is 38.0 Å². The van der Waals surface area contributed by atoms with Crippen LogP contribution in [0.15, 0.2) is 29.2 Å². The van der Waals surface area contributed by atoms with Gasteiger partial charge in [-0.2, -0.15) is 4.31 Å². The Morgan fingerprint density at radius 2 is 2.20 bits per heavy atom. The van der Waals surface area contributed by atoms with E-state index in [4.69, 9.17) is 4.74 Å². The zero-order valence-corrected chi connectivity index (χ0v) is 12.1. The van der Waals surface area contributed by atoms with Crippen molar-refractivity contribution in [2.75, 3.05) is 13.1 Å². The van der Waals surface area contributed by atoms with Gasteiger partial charge in [0, 0.05) is 19.0 Å². The third-order valence-corrected chi connectivity index (χ3v) is 5.96. The minimum Gasteiger partial charge on any atom is -0.375 e. The average molecular weight is 299 g/mol. The van der Waals surface area contributed by atoms with E-state index in [2.05, 4.69) is 0 Å². The molecular weight excluding hydrogens is 281 g/mol. The van der Waals surface area contributed by atoms with E-state index in [1.54, 1.807) is 0 Å². The summed E-state index contributed by atoms with van der Waals surface area (Å²) in [5, 5.41) is 0. The number of fused-ring (bicyclic) bond motifs is 1. The highest BCUT2D eigenvalue weighted by molar-refractivity contribution is 7.89. The molecule has 0 aromatic heterocycles. The molecule has 3 rings (SSSR count). The third kappa shape index (κ3) is 2.47. The number of nitrogens with zero attached hydrogens (tertiary/aromatic N) is 1. The quantitative estimate of drug-likeness (QED) is 0.839. The van der Waals surface area contributed by atoms with Gasteiger partial charge in [0.25, 0.3) is 0 Å². The molecule has 0 bridgehead atoms. The maximum atomic E-state index is 13.2. The van der Waals surface area contributed by atoms with Gasteiger partial charge in [0.2, 0.25) is 10.0 Å². The van der Waals surface area contributed by atoms with Gasteiger partial charge in [0.15, 0.2) is 0 Å². The van der Waals surface area contributed by atoms with Crippen molar-refractivity contribution < 1.29 is 17.5 Å². The summed E-state index contributed by atoms with van der Waals surface area (Å²) in [4.78, 5) is 0.0305. The second-order valence-corrected chi connectivity index (χ2v) is 7.53. The summed E-state index contributed by atoms with van der Waals surface area (Å²) in [6.07, 6.45) is 1.97. The predicted molar refractivity (Wildman–Crippen MR) is 72.2 cm³/mol. The molecule has 6 heteroatoms. The third-order valence-electron chi connectivity index (χ3n) is 4.10. The summed E-state index contributed by atoms with van der Waals surface area (Å²) in [5.74, 6) is -0.277. The highest BCUT2D eigenvalue weighted by Crippen LogP contribution is 2.34. The standard InChI is InChI=1S/C14H18FNO3S/c1-10-7-11-9-16(6-5-14(11)19-10)20(17,18)13-4-2-3-12(15)8-13/h2-4,8,10-11,14H,5-7,9H2,1H3/t10-,11-,14+/m1/s1. The minimum absolute atomic E-state index is 0.0305. The number of ether oxygens (including phenoxy) is 1. The zero-order valence-electron chi connectivity index (χ0n) is 11.3. The fraction of sp³-hybridized carbons (Fsp3) is 0.571. The lowest BCUT2D eigenvalue weighted by atomic mass is 9.94. The number of benzene rings is 1. The van der Waals surface area contributed by atoms with Gasteiger partial charge < -0.3 is 4.74 Å². The molecule has 2 aliphatic rings. The summed E-state index contributed by atoms with van der Waals surface area (Å²) in [6.45, 7) is 2.92. The molecule has 0 amide bonds. The molecule has 0 N–H and O–H groups in total. The van der Waals surface area contributed by atoms with Crippen LogP contribution in [0.25, 0.3) is 0 Å². The fourth-order valence-electron chi connectivity index (χ4n) is 3.16. The Labute approximate surface area is 118 Å². The van der Waals surface area contributed by atoms with Crippen LogP contribution < -0.4 is 0 Å². The first-order chi connectivity index (χ1) is 9.46. The molecule has 2 fully saturated rings. The van der Waals surface area contributed by atoms with E-state index in [9.17, 15) is 12.8 Å². The Morgan fingerprint density at radius 1 is 1.40 bits per heavy atom. The van der Waals surface area contributed by atoms with E-state index in [1.807, 2.05) is 6.92 Å². The molecule has 1 aromatic rings. The van der Waals surface area contributed by atoms with E-state index in [1.165, 1.54) is 22.5 Å². The molecule has 0 spiro atoms. The number of sulfonamides is 1.